The van der Waals surface area contributed by atoms with Gasteiger partial charge in [-0.3, -0.25) is 0 Å². The number of alkyl halides is 2. The Morgan fingerprint density at radius 1 is 1.67 bits per heavy atom. The highest BCUT2D eigenvalue weighted by molar-refractivity contribution is 9.10. The van der Waals surface area contributed by atoms with E-state index in [2.05, 4.69) is 30.5 Å². The average Bonchev–Trinajstić information content (AvgIpc) is 2.31. The van der Waals surface area contributed by atoms with Crippen LogP contribution in [0.4, 0.5) is 13.6 Å². The molecule has 0 spiro atoms. The number of nitrogens with zero attached hydrogens (tertiary/aromatic N) is 2. The average molecular weight is 287 g/mol. The summed E-state index contributed by atoms with van der Waals surface area (Å²) in [5, 5.41) is 11.8. The van der Waals surface area contributed by atoms with Crippen molar-refractivity contribution in [2.45, 2.75) is 6.61 Å². The molecule has 0 radical (unpaired) electrons. The molecular weight excluding hydrogens is 282 g/mol. The van der Waals surface area contributed by atoms with Gasteiger partial charge in [-0.25, -0.2) is 9.48 Å². The summed E-state index contributed by atoms with van der Waals surface area (Å²) in [6, 6.07) is 0. The van der Waals surface area contributed by atoms with E-state index in [1.165, 1.54) is 7.05 Å². The van der Waals surface area contributed by atoms with E-state index in [9.17, 15) is 13.6 Å². The highest BCUT2D eigenvalue weighted by Gasteiger charge is 2.21. The molecule has 1 heterocycles. The molecule has 0 aliphatic carbocycles. The van der Waals surface area contributed by atoms with Crippen molar-refractivity contribution in [2.75, 3.05) is 0 Å². The summed E-state index contributed by atoms with van der Waals surface area (Å²) in [7, 11) is 1.32. The number of halogens is 3. The predicted octanol–water partition coefficient (Wildman–Crippen LogP) is 1.84. The number of hydrogen-bond acceptors (Lipinski definition) is 4. The maximum Gasteiger partial charge on any atom is 0.512 e. The Bertz CT molecular complexity index is 381. The van der Waals surface area contributed by atoms with Gasteiger partial charge in [0.05, 0.1) is 0 Å². The van der Waals surface area contributed by atoms with Crippen molar-refractivity contribution in [2.24, 2.45) is 7.05 Å². The fraction of sp³-hybridized carbons (Fsp3) is 0.333. The summed E-state index contributed by atoms with van der Waals surface area (Å²) < 4.78 is 32.9. The highest BCUT2D eigenvalue weighted by atomic mass is 79.9. The molecule has 0 unspecified atom stereocenters. The Kier molecular flexibility index (Phi) is 3.45. The summed E-state index contributed by atoms with van der Waals surface area (Å²) in [4.78, 5) is 10.2. The first-order valence-electron chi connectivity index (χ1n) is 3.50. The molecule has 1 aromatic heterocycles. The first kappa shape index (κ1) is 11.7. The summed E-state index contributed by atoms with van der Waals surface area (Å²) in [5.41, 5.74) is 0. The number of carbonyl (C=O) groups is 1. The van der Waals surface area contributed by atoms with Crippen molar-refractivity contribution in [3.05, 3.63) is 4.47 Å². The molecule has 0 bridgehead atoms. The van der Waals surface area contributed by atoms with Crippen LogP contribution in [0.25, 0.3) is 0 Å². The van der Waals surface area contributed by atoms with Crippen LogP contribution in [0.1, 0.15) is 0 Å². The van der Waals surface area contributed by atoms with Gasteiger partial charge in [0.1, 0.15) is 4.47 Å². The molecule has 0 saturated carbocycles. The van der Waals surface area contributed by atoms with Gasteiger partial charge in [-0.1, -0.05) is 0 Å². The zero-order valence-electron chi connectivity index (χ0n) is 7.28. The second kappa shape index (κ2) is 4.43. The maximum absolute atomic E-state index is 11.9. The lowest BCUT2D eigenvalue weighted by Gasteiger charge is -1.99. The smallest absolute Gasteiger partial charge is 0.449 e. The van der Waals surface area contributed by atoms with Gasteiger partial charge >= 0.3 is 12.8 Å². The monoisotopic (exact) mass is 286 g/mol. The van der Waals surface area contributed by atoms with Crippen molar-refractivity contribution < 1.29 is 28.2 Å². The van der Waals surface area contributed by atoms with Crippen LogP contribution >= 0.6 is 15.9 Å². The minimum absolute atomic E-state index is 0.0901. The van der Waals surface area contributed by atoms with Gasteiger partial charge in [0.15, 0.2) is 0 Å². The Morgan fingerprint density at radius 3 is 2.73 bits per heavy atom. The molecular formula is C6H5BrF2N2O4. The molecule has 84 valence electrons. The zero-order valence-corrected chi connectivity index (χ0v) is 8.86. The lowest BCUT2D eigenvalue weighted by Crippen LogP contribution is -2.07. The molecule has 0 atom stereocenters. The second-order valence-electron chi connectivity index (χ2n) is 2.29. The van der Waals surface area contributed by atoms with E-state index < -0.39 is 18.6 Å². The van der Waals surface area contributed by atoms with Crippen LogP contribution in [0, 0.1) is 0 Å². The Labute approximate surface area is 90.5 Å². The topological polar surface area (TPSA) is 73.6 Å². The van der Waals surface area contributed by atoms with Crippen molar-refractivity contribution >= 4 is 22.1 Å². The predicted molar refractivity (Wildman–Crippen MR) is 46.2 cm³/mol. The van der Waals surface area contributed by atoms with Gasteiger partial charge in [-0.15, -0.1) is 5.10 Å². The Balaban J connectivity index is 2.98. The van der Waals surface area contributed by atoms with Gasteiger partial charge in [-0.05, 0) is 15.9 Å². The van der Waals surface area contributed by atoms with Crippen molar-refractivity contribution in [3.8, 4) is 11.8 Å². The maximum atomic E-state index is 11.9. The largest absolute Gasteiger partial charge is 0.512 e. The van der Waals surface area contributed by atoms with Gasteiger partial charge in [0, 0.05) is 7.05 Å². The van der Waals surface area contributed by atoms with Crippen LogP contribution in [0.5, 0.6) is 11.8 Å². The molecule has 1 rings (SSSR count). The van der Waals surface area contributed by atoms with Gasteiger partial charge in [0.2, 0.25) is 5.88 Å². The summed E-state index contributed by atoms with van der Waals surface area (Å²) >= 11 is 2.83. The number of aromatic nitrogens is 2. The van der Waals surface area contributed by atoms with E-state index in [1.54, 1.807) is 0 Å². The third-order valence-corrected chi connectivity index (χ3v) is 1.97. The molecule has 1 aromatic rings. The van der Waals surface area contributed by atoms with E-state index in [0.29, 0.717) is 0 Å². The molecule has 0 fully saturated rings. The normalized spacial score (nSPS) is 10.5. The third kappa shape index (κ3) is 2.78. The molecule has 15 heavy (non-hydrogen) atoms. The number of rotatable bonds is 3. The standard InChI is InChI=1S/C6H5BrF2N2O4/c1-11-4(15-6(12)13)2(7)3(10-11)14-5(8)9/h5H,1H3,(H,12,13). The molecule has 6 nitrogen and oxygen atoms in total. The fourth-order valence-electron chi connectivity index (χ4n) is 0.812. The number of carboxylic acid groups (broad SMARTS) is 1. The first-order valence-corrected chi connectivity index (χ1v) is 4.29. The van der Waals surface area contributed by atoms with Crippen LogP contribution in [0.15, 0.2) is 4.47 Å². The van der Waals surface area contributed by atoms with Crippen molar-refractivity contribution in [1.29, 1.82) is 0 Å². The minimum atomic E-state index is -3.05. The van der Waals surface area contributed by atoms with Crippen LogP contribution < -0.4 is 9.47 Å². The Morgan fingerprint density at radius 2 is 2.27 bits per heavy atom. The fourth-order valence-corrected chi connectivity index (χ4v) is 1.32. The van der Waals surface area contributed by atoms with E-state index >= 15 is 0 Å². The van der Waals surface area contributed by atoms with Gasteiger partial charge < -0.3 is 14.6 Å². The minimum Gasteiger partial charge on any atom is -0.449 e. The molecule has 0 amide bonds. The van der Waals surface area contributed by atoms with E-state index in [0.717, 1.165) is 4.68 Å². The van der Waals surface area contributed by atoms with Crippen molar-refractivity contribution in [3.63, 3.8) is 0 Å². The van der Waals surface area contributed by atoms with E-state index in [1.807, 2.05) is 0 Å². The van der Waals surface area contributed by atoms with E-state index in [-0.39, 0.29) is 10.4 Å². The summed E-state index contributed by atoms with van der Waals surface area (Å²) in [5.74, 6) is -0.679. The first-order chi connectivity index (χ1) is 6.91. The van der Waals surface area contributed by atoms with E-state index in [4.69, 9.17) is 5.11 Å². The SMILES string of the molecule is Cn1nc(OC(F)F)c(Br)c1OC(=O)O. The summed E-state index contributed by atoms with van der Waals surface area (Å²) in [6.07, 6.45) is -1.58. The van der Waals surface area contributed by atoms with Gasteiger partial charge in [-0.2, -0.15) is 8.78 Å². The third-order valence-electron chi connectivity index (χ3n) is 1.29. The van der Waals surface area contributed by atoms with Crippen LogP contribution in [0.3, 0.4) is 0 Å². The van der Waals surface area contributed by atoms with Crippen LogP contribution in [-0.4, -0.2) is 27.7 Å². The van der Waals surface area contributed by atoms with Crippen molar-refractivity contribution in [1.82, 2.24) is 9.78 Å². The molecule has 0 aromatic carbocycles. The lowest BCUT2D eigenvalue weighted by molar-refractivity contribution is -0.0536. The number of hydrogen-bond donors (Lipinski definition) is 1. The molecule has 9 heteroatoms. The van der Waals surface area contributed by atoms with Gasteiger partial charge in [0.25, 0.3) is 5.88 Å². The summed E-state index contributed by atoms with van der Waals surface area (Å²) in [6.45, 7) is -3.05. The lowest BCUT2D eigenvalue weighted by atomic mass is 10.6. The highest BCUT2D eigenvalue weighted by Crippen LogP contribution is 2.34. The zero-order chi connectivity index (χ0) is 11.6. The van der Waals surface area contributed by atoms with Crippen LogP contribution in [0.2, 0.25) is 0 Å². The molecule has 0 saturated heterocycles. The van der Waals surface area contributed by atoms with Crippen LogP contribution in [-0.2, 0) is 7.05 Å². The molecule has 1 N–H and O–H groups in total. The number of ether oxygens (including phenoxy) is 2. The second-order valence-corrected chi connectivity index (χ2v) is 3.09. The quantitative estimate of drug-likeness (QED) is 0.859. The molecule has 0 aliphatic rings. The Hall–Kier alpha value is -1.38. The number of aryl methyl sites for hydroxylation is 1. The molecule has 0 aliphatic heterocycles.